The predicted octanol–water partition coefficient (Wildman–Crippen LogP) is 5.65. The number of benzene rings is 2. The number of hydrogen-bond acceptors (Lipinski definition) is 3. The van der Waals surface area contributed by atoms with Crippen molar-refractivity contribution in [3.63, 3.8) is 0 Å². The van der Waals surface area contributed by atoms with Gasteiger partial charge in [0.05, 0.1) is 18.2 Å². The van der Waals surface area contributed by atoms with Gasteiger partial charge in [-0.2, -0.15) is 5.26 Å². The van der Waals surface area contributed by atoms with E-state index in [0.717, 1.165) is 21.8 Å². The largest absolute Gasteiger partial charge is 0.346 e. The lowest BCUT2D eigenvalue weighted by Gasteiger charge is -2.00. The normalized spacial score (nSPS) is 10.9. The zero-order valence-corrected chi connectivity index (χ0v) is 14.8. The van der Waals surface area contributed by atoms with Crippen LogP contribution < -0.4 is 0 Å². The summed E-state index contributed by atoms with van der Waals surface area (Å²) in [5.74, 6) is 0. The summed E-state index contributed by atoms with van der Waals surface area (Å²) >= 11 is 1.67. The summed E-state index contributed by atoms with van der Waals surface area (Å²) in [5, 5.41) is 13.3. The van der Waals surface area contributed by atoms with Crippen LogP contribution in [-0.2, 0) is 6.54 Å². The molecule has 0 fully saturated rings. The van der Waals surface area contributed by atoms with Crippen molar-refractivity contribution in [3.8, 4) is 27.9 Å². The number of aryl methyl sites for hydroxylation is 2. The summed E-state index contributed by atoms with van der Waals surface area (Å²) in [4.78, 5) is 4.90. The standard InChI is InChI=1S/C21H17N3S/c1-15-7-2-3-8-16(15)21-23-19(14-25-21)18-13-24(12-6-11-22)20-10-5-4-9-17(18)20/h2-5,7-10,13-14H,6,12H2,1H3. The molecule has 3 nitrogen and oxygen atoms in total. The molecular formula is C21H17N3S. The third-order valence-corrected chi connectivity index (χ3v) is 5.28. The highest BCUT2D eigenvalue weighted by atomic mass is 32.1. The molecule has 0 spiro atoms. The van der Waals surface area contributed by atoms with Gasteiger partial charge in [-0.15, -0.1) is 11.3 Å². The molecule has 25 heavy (non-hydrogen) atoms. The van der Waals surface area contributed by atoms with Crippen LogP contribution in [0.3, 0.4) is 0 Å². The zero-order valence-electron chi connectivity index (χ0n) is 13.9. The van der Waals surface area contributed by atoms with Crippen LogP contribution in [0.5, 0.6) is 0 Å². The summed E-state index contributed by atoms with van der Waals surface area (Å²) < 4.78 is 2.15. The first-order valence-corrected chi connectivity index (χ1v) is 9.12. The minimum Gasteiger partial charge on any atom is -0.346 e. The predicted molar refractivity (Wildman–Crippen MR) is 103 cm³/mol. The number of fused-ring (bicyclic) bond motifs is 1. The summed E-state index contributed by atoms with van der Waals surface area (Å²) in [7, 11) is 0. The lowest BCUT2D eigenvalue weighted by molar-refractivity contribution is 0.745. The number of hydrogen-bond donors (Lipinski definition) is 0. The van der Waals surface area contributed by atoms with E-state index in [0.29, 0.717) is 13.0 Å². The van der Waals surface area contributed by atoms with E-state index in [2.05, 4.69) is 71.6 Å². The fraction of sp³-hybridized carbons (Fsp3) is 0.143. The Labute approximate surface area is 150 Å². The average Bonchev–Trinajstić information content (AvgIpc) is 3.25. The fourth-order valence-electron chi connectivity index (χ4n) is 3.14. The third-order valence-electron chi connectivity index (χ3n) is 4.41. The van der Waals surface area contributed by atoms with E-state index in [4.69, 9.17) is 10.2 Å². The Bertz CT molecular complexity index is 1080. The van der Waals surface area contributed by atoms with Gasteiger partial charge in [-0.1, -0.05) is 42.5 Å². The number of thiazole rings is 1. The first-order valence-electron chi connectivity index (χ1n) is 8.24. The molecule has 2 aromatic carbocycles. The topological polar surface area (TPSA) is 41.6 Å². The highest BCUT2D eigenvalue weighted by Gasteiger charge is 2.14. The maximum absolute atomic E-state index is 8.90. The van der Waals surface area contributed by atoms with Crippen LogP contribution in [0.2, 0.25) is 0 Å². The SMILES string of the molecule is Cc1ccccc1-c1nc(-c2cn(CCC#N)c3ccccc23)cs1. The lowest BCUT2D eigenvalue weighted by atomic mass is 10.1. The molecule has 0 unspecified atom stereocenters. The van der Waals surface area contributed by atoms with Crippen molar-refractivity contribution < 1.29 is 0 Å². The number of para-hydroxylation sites is 1. The van der Waals surface area contributed by atoms with Crippen molar-refractivity contribution >= 4 is 22.2 Å². The quantitative estimate of drug-likeness (QED) is 0.480. The number of nitriles is 1. The van der Waals surface area contributed by atoms with Gasteiger partial charge in [0.15, 0.2) is 0 Å². The van der Waals surface area contributed by atoms with Gasteiger partial charge in [0, 0.05) is 40.2 Å². The summed E-state index contributed by atoms with van der Waals surface area (Å²) in [5.41, 5.74) is 5.70. The van der Waals surface area contributed by atoms with E-state index in [1.807, 2.05) is 6.07 Å². The molecule has 0 saturated heterocycles. The highest BCUT2D eigenvalue weighted by Crippen LogP contribution is 2.35. The monoisotopic (exact) mass is 343 g/mol. The first-order chi connectivity index (χ1) is 12.3. The van der Waals surface area contributed by atoms with Gasteiger partial charge in [0.25, 0.3) is 0 Å². The Morgan fingerprint density at radius 2 is 1.88 bits per heavy atom. The summed E-state index contributed by atoms with van der Waals surface area (Å²) in [6.45, 7) is 2.82. The van der Waals surface area contributed by atoms with Crippen LogP contribution in [0.4, 0.5) is 0 Å². The van der Waals surface area contributed by atoms with Crippen molar-refractivity contribution in [1.29, 1.82) is 5.26 Å². The molecule has 0 radical (unpaired) electrons. The summed E-state index contributed by atoms with van der Waals surface area (Å²) in [6, 6.07) is 18.9. The van der Waals surface area contributed by atoms with E-state index in [1.165, 1.54) is 16.5 Å². The average molecular weight is 343 g/mol. The van der Waals surface area contributed by atoms with Crippen LogP contribution in [0.15, 0.2) is 60.1 Å². The van der Waals surface area contributed by atoms with Crippen molar-refractivity contribution in [1.82, 2.24) is 9.55 Å². The molecule has 0 aliphatic carbocycles. The molecular weight excluding hydrogens is 326 g/mol. The molecule has 0 atom stereocenters. The molecule has 4 rings (SSSR count). The fourth-order valence-corrected chi connectivity index (χ4v) is 4.05. The Morgan fingerprint density at radius 3 is 2.72 bits per heavy atom. The van der Waals surface area contributed by atoms with Crippen molar-refractivity contribution in [2.24, 2.45) is 0 Å². The highest BCUT2D eigenvalue weighted by molar-refractivity contribution is 7.13. The maximum Gasteiger partial charge on any atom is 0.124 e. The second kappa shape index (κ2) is 6.54. The van der Waals surface area contributed by atoms with Crippen molar-refractivity contribution in [3.05, 3.63) is 65.7 Å². The summed E-state index contributed by atoms with van der Waals surface area (Å²) in [6.07, 6.45) is 2.63. The van der Waals surface area contributed by atoms with E-state index in [-0.39, 0.29) is 0 Å². The van der Waals surface area contributed by atoms with E-state index in [1.54, 1.807) is 11.3 Å². The number of rotatable bonds is 4. The minimum absolute atomic E-state index is 0.504. The number of aromatic nitrogens is 2. The Balaban J connectivity index is 1.81. The van der Waals surface area contributed by atoms with Gasteiger partial charge in [0.1, 0.15) is 5.01 Å². The van der Waals surface area contributed by atoms with Gasteiger partial charge < -0.3 is 4.57 Å². The van der Waals surface area contributed by atoms with Crippen LogP contribution in [0, 0.1) is 18.3 Å². The molecule has 2 aromatic heterocycles. The Hall–Kier alpha value is -2.90. The van der Waals surface area contributed by atoms with E-state index < -0.39 is 0 Å². The van der Waals surface area contributed by atoms with Crippen LogP contribution in [0.1, 0.15) is 12.0 Å². The van der Waals surface area contributed by atoms with Crippen LogP contribution in [-0.4, -0.2) is 9.55 Å². The molecule has 0 N–H and O–H groups in total. The Kier molecular flexibility index (Phi) is 4.09. The maximum atomic E-state index is 8.90. The third kappa shape index (κ3) is 2.84. The van der Waals surface area contributed by atoms with E-state index >= 15 is 0 Å². The van der Waals surface area contributed by atoms with Crippen LogP contribution in [0.25, 0.3) is 32.7 Å². The molecule has 0 saturated carbocycles. The second-order valence-electron chi connectivity index (χ2n) is 6.01. The van der Waals surface area contributed by atoms with E-state index in [9.17, 15) is 0 Å². The smallest absolute Gasteiger partial charge is 0.124 e. The van der Waals surface area contributed by atoms with Gasteiger partial charge in [0.2, 0.25) is 0 Å². The molecule has 4 aromatic rings. The van der Waals surface area contributed by atoms with Crippen LogP contribution >= 0.6 is 11.3 Å². The molecule has 4 heteroatoms. The molecule has 0 amide bonds. The van der Waals surface area contributed by atoms with Gasteiger partial charge >= 0.3 is 0 Å². The molecule has 0 aliphatic rings. The van der Waals surface area contributed by atoms with Gasteiger partial charge in [-0.05, 0) is 18.6 Å². The van der Waals surface area contributed by atoms with Crippen molar-refractivity contribution in [2.75, 3.05) is 0 Å². The van der Waals surface area contributed by atoms with Gasteiger partial charge in [-0.25, -0.2) is 4.98 Å². The molecule has 122 valence electrons. The Morgan fingerprint density at radius 1 is 1.08 bits per heavy atom. The first kappa shape index (κ1) is 15.6. The van der Waals surface area contributed by atoms with Gasteiger partial charge in [-0.3, -0.25) is 0 Å². The minimum atomic E-state index is 0.504. The molecule has 2 heterocycles. The lowest BCUT2D eigenvalue weighted by Crippen LogP contribution is -1.94. The second-order valence-corrected chi connectivity index (χ2v) is 6.87. The molecule has 0 aliphatic heterocycles. The zero-order chi connectivity index (χ0) is 17.2. The van der Waals surface area contributed by atoms with Crippen molar-refractivity contribution in [2.45, 2.75) is 19.9 Å². The number of nitrogens with zero attached hydrogens (tertiary/aromatic N) is 3. The molecule has 0 bridgehead atoms.